The summed E-state index contributed by atoms with van der Waals surface area (Å²) in [6.07, 6.45) is 13.2. The molecule has 4 heteroatoms. The minimum absolute atomic E-state index is 0.0376. The number of aryl methyl sites for hydroxylation is 1. The monoisotopic (exact) mass is 410 g/mol. The third-order valence-corrected chi connectivity index (χ3v) is 5.66. The number of benzene rings is 1. The Morgan fingerprint density at radius 3 is 2.39 bits per heavy atom. The summed E-state index contributed by atoms with van der Waals surface area (Å²) in [7, 11) is 2.13. The van der Waals surface area contributed by atoms with Gasteiger partial charge < -0.3 is 9.47 Å². The van der Waals surface area contributed by atoms with E-state index in [-0.39, 0.29) is 11.0 Å². The molecule has 1 aromatic heterocycles. The first kappa shape index (κ1) is 22.2. The van der Waals surface area contributed by atoms with E-state index in [0.717, 1.165) is 49.1 Å². The van der Waals surface area contributed by atoms with Crippen molar-refractivity contribution in [2.45, 2.75) is 39.7 Å². The summed E-state index contributed by atoms with van der Waals surface area (Å²) in [5.41, 5.74) is 4.61. The van der Waals surface area contributed by atoms with E-state index in [4.69, 9.17) is 0 Å². The molecule has 0 saturated carbocycles. The van der Waals surface area contributed by atoms with E-state index in [1.165, 1.54) is 5.69 Å². The molecule has 1 aliphatic rings. The predicted octanol–water partition coefficient (Wildman–Crippen LogP) is 6.12. The summed E-state index contributed by atoms with van der Waals surface area (Å²) in [6.45, 7) is 6.40. The highest BCUT2D eigenvalue weighted by molar-refractivity contribution is 5.59. The summed E-state index contributed by atoms with van der Waals surface area (Å²) < 4.78 is 2.21. The number of allylic oxidation sites excluding steroid dienone is 5. The zero-order chi connectivity index (χ0) is 22.3. The van der Waals surface area contributed by atoms with Gasteiger partial charge in [-0.3, -0.25) is 0 Å². The summed E-state index contributed by atoms with van der Waals surface area (Å²) in [4.78, 5) is 2.28. The lowest BCUT2D eigenvalue weighted by Gasteiger charge is -2.30. The first-order chi connectivity index (χ1) is 14.9. The van der Waals surface area contributed by atoms with Crippen molar-refractivity contribution in [3.63, 3.8) is 0 Å². The summed E-state index contributed by atoms with van der Waals surface area (Å²) in [5, 5.41) is 18.5. The van der Waals surface area contributed by atoms with Gasteiger partial charge in [0.2, 0.25) is 0 Å². The molecule has 0 N–H and O–H groups in total. The molecule has 1 aromatic carbocycles. The van der Waals surface area contributed by atoms with Crippen LogP contribution in [0, 0.1) is 28.1 Å². The van der Waals surface area contributed by atoms with Crippen molar-refractivity contribution < 1.29 is 0 Å². The van der Waals surface area contributed by atoms with Crippen LogP contribution in [-0.4, -0.2) is 18.2 Å². The Labute approximate surface area is 186 Å². The van der Waals surface area contributed by atoms with Crippen LogP contribution in [0.15, 0.2) is 77.7 Å². The topological polar surface area (TPSA) is 55.8 Å². The van der Waals surface area contributed by atoms with Crippen molar-refractivity contribution in [2.24, 2.45) is 5.41 Å². The number of aromatic nitrogens is 1. The quantitative estimate of drug-likeness (QED) is 0.517. The smallest absolute Gasteiger partial charge is 0.132 e. The Bertz CT molecular complexity index is 1040. The highest BCUT2D eigenvalue weighted by Gasteiger charge is 2.26. The van der Waals surface area contributed by atoms with Crippen molar-refractivity contribution >= 4 is 11.8 Å². The van der Waals surface area contributed by atoms with Crippen molar-refractivity contribution in [1.29, 1.82) is 10.5 Å². The van der Waals surface area contributed by atoms with Gasteiger partial charge in [-0.2, -0.15) is 10.5 Å². The average molecular weight is 411 g/mol. The fourth-order valence-corrected chi connectivity index (χ4v) is 4.07. The Balaban J connectivity index is 1.64. The molecule has 0 radical (unpaired) electrons. The normalized spacial score (nSPS) is 15.3. The maximum atomic E-state index is 9.23. The van der Waals surface area contributed by atoms with E-state index >= 15 is 0 Å². The second kappa shape index (κ2) is 10.0. The molecule has 0 unspecified atom stereocenters. The van der Waals surface area contributed by atoms with Crippen LogP contribution in [0.5, 0.6) is 0 Å². The van der Waals surface area contributed by atoms with Crippen molar-refractivity contribution in [3.8, 4) is 12.1 Å². The minimum atomic E-state index is 0.0376. The fourth-order valence-electron chi connectivity index (χ4n) is 4.07. The van der Waals surface area contributed by atoms with Crippen LogP contribution in [0.2, 0.25) is 0 Å². The molecular weight excluding hydrogens is 380 g/mol. The van der Waals surface area contributed by atoms with Gasteiger partial charge in [-0.25, -0.2) is 0 Å². The Morgan fingerprint density at radius 1 is 1.06 bits per heavy atom. The van der Waals surface area contributed by atoms with Crippen LogP contribution in [0.25, 0.3) is 6.08 Å². The van der Waals surface area contributed by atoms with E-state index in [2.05, 4.69) is 91.3 Å². The SMILES string of the molecule is CN(CCCn1cccc1)c1ccc(C=CC2=CC(=C(C#N)C#N)CC(C)(C)C2)cc1. The molecule has 0 fully saturated rings. The molecule has 158 valence electrons. The lowest BCUT2D eigenvalue weighted by atomic mass is 9.74. The van der Waals surface area contributed by atoms with Crippen LogP contribution < -0.4 is 4.90 Å². The van der Waals surface area contributed by atoms with E-state index in [9.17, 15) is 10.5 Å². The maximum absolute atomic E-state index is 9.23. The maximum Gasteiger partial charge on any atom is 0.132 e. The molecule has 0 amide bonds. The number of anilines is 1. The van der Waals surface area contributed by atoms with Crippen molar-refractivity contribution in [1.82, 2.24) is 4.57 Å². The Morgan fingerprint density at radius 2 is 1.74 bits per heavy atom. The van der Waals surface area contributed by atoms with Gasteiger partial charge in [-0.1, -0.05) is 44.2 Å². The van der Waals surface area contributed by atoms with Crippen molar-refractivity contribution in [3.05, 3.63) is 83.2 Å². The molecular formula is C27H30N4. The molecule has 0 spiro atoms. The molecule has 0 bridgehead atoms. The van der Waals surface area contributed by atoms with Crippen LogP contribution in [-0.2, 0) is 6.54 Å². The lowest BCUT2D eigenvalue weighted by Crippen LogP contribution is -2.19. The third-order valence-electron chi connectivity index (χ3n) is 5.66. The molecule has 0 aliphatic heterocycles. The van der Waals surface area contributed by atoms with Gasteiger partial charge in [0.15, 0.2) is 0 Å². The fraction of sp³-hybridized carbons (Fsp3) is 0.333. The van der Waals surface area contributed by atoms with Crippen LogP contribution in [0.1, 0.15) is 38.7 Å². The van der Waals surface area contributed by atoms with Crippen molar-refractivity contribution in [2.75, 3.05) is 18.5 Å². The van der Waals surface area contributed by atoms with Gasteiger partial charge in [0, 0.05) is 38.2 Å². The van der Waals surface area contributed by atoms with Gasteiger partial charge in [-0.05, 0) is 65.7 Å². The Kier molecular flexibility index (Phi) is 7.16. The summed E-state index contributed by atoms with van der Waals surface area (Å²) in [6, 6.07) is 16.8. The van der Waals surface area contributed by atoms with E-state index in [1.54, 1.807) is 0 Å². The minimum Gasteiger partial charge on any atom is -0.375 e. The van der Waals surface area contributed by atoms with Crippen LogP contribution in [0.4, 0.5) is 5.69 Å². The number of hydrogen-bond donors (Lipinski definition) is 0. The average Bonchev–Trinajstić information content (AvgIpc) is 3.26. The predicted molar refractivity (Wildman–Crippen MR) is 127 cm³/mol. The molecule has 2 aromatic rings. The highest BCUT2D eigenvalue weighted by atomic mass is 15.1. The molecule has 31 heavy (non-hydrogen) atoms. The number of nitriles is 2. The highest BCUT2D eigenvalue weighted by Crippen LogP contribution is 2.39. The first-order valence-corrected chi connectivity index (χ1v) is 10.7. The zero-order valence-electron chi connectivity index (χ0n) is 18.7. The molecule has 0 atom stereocenters. The lowest BCUT2D eigenvalue weighted by molar-refractivity contribution is 0.354. The van der Waals surface area contributed by atoms with Gasteiger partial charge in [0.25, 0.3) is 0 Å². The molecule has 4 nitrogen and oxygen atoms in total. The van der Waals surface area contributed by atoms with E-state index in [0.29, 0.717) is 0 Å². The largest absolute Gasteiger partial charge is 0.375 e. The molecule has 1 heterocycles. The summed E-state index contributed by atoms with van der Waals surface area (Å²) in [5.74, 6) is 0. The number of hydrogen-bond acceptors (Lipinski definition) is 3. The molecule has 1 aliphatic carbocycles. The second-order valence-electron chi connectivity index (χ2n) is 8.98. The standard InChI is InChI=1S/C27H30N4/c1-27(2)18-23(17-24(19-27)25(20-28)21-29)8-7-22-9-11-26(12-10-22)30(3)13-6-16-31-14-4-5-15-31/h4-5,7-12,14-15,17H,6,13,16,18-19H2,1-3H3. The first-order valence-electron chi connectivity index (χ1n) is 10.7. The molecule has 0 saturated heterocycles. The van der Waals surface area contributed by atoms with Crippen LogP contribution >= 0.6 is 0 Å². The van der Waals surface area contributed by atoms with E-state index in [1.807, 2.05) is 18.2 Å². The van der Waals surface area contributed by atoms with Gasteiger partial charge in [0.05, 0.1) is 0 Å². The molecule has 3 rings (SSSR count). The third kappa shape index (κ3) is 6.24. The van der Waals surface area contributed by atoms with Gasteiger partial charge in [-0.15, -0.1) is 0 Å². The van der Waals surface area contributed by atoms with Gasteiger partial charge in [0.1, 0.15) is 17.7 Å². The zero-order valence-corrected chi connectivity index (χ0v) is 18.7. The Hall–Kier alpha value is -3.50. The number of nitrogens with zero attached hydrogens (tertiary/aromatic N) is 4. The van der Waals surface area contributed by atoms with Gasteiger partial charge >= 0.3 is 0 Å². The number of rotatable bonds is 7. The summed E-state index contributed by atoms with van der Waals surface area (Å²) >= 11 is 0. The van der Waals surface area contributed by atoms with Crippen LogP contribution in [0.3, 0.4) is 0 Å². The van der Waals surface area contributed by atoms with E-state index < -0.39 is 0 Å². The second-order valence-corrected chi connectivity index (χ2v) is 8.98.